The molecule has 0 amide bonds. The van der Waals surface area contributed by atoms with Gasteiger partial charge in [-0.25, -0.2) is 4.39 Å². The van der Waals surface area contributed by atoms with Gasteiger partial charge in [0.15, 0.2) is 0 Å². The SMILES string of the molecule is CC(O)c1cccc(F)c1N(C)C1CCCCC1. The van der Waals surface area contributed by atoms with Crippen LogP contribution < -0.4 is 4.90 Å². The first-order valence-electron chi connectivity index (χ1n) is 6.80. The van der Waals surface area contributed by atoms with Gasteiger partial charge in [0.25, 0.3) is 0 Å². The summed E-state index contributed by atoms with van der Waals surface area (Å²) in [5.41, 5.74) is 1.25. The average Bonchev–Trinajstić information content (AvgIpc) is 2.38. The van der Waals surface area contributed by atoms with Crippen LogP contribution in [-0.2, 0) is 0 Å². The van der Waals surface area contributed by atoms with Crippen molar-refractivity contribution >= 4 is 5.69 Å². The van der Waals surface area contributed by atoms with Crippen LogP contribution in [0, 0.1) is 5.82 Å². The summed E-state index contributed by atoms with van der Waals surface area (Å²) in [5.74, 6) is -0.235. The van der Waals surface area contributed by atoms with Crippen molar-refractivity contribution in [2.75, 3.05) is 11.9 Å². The van der Waals surface area contributed by atoms with E-state index in [0.29, 0.717) is 17.3 Å². The molecule has 1 aromatic carbocycles. The molecule has 0 heterocycles. The summed E-state index contributed by atoms with van der Waals surface area (Å²) in [6.45, 7) is 1.69. The van der Waals surface area contributed by atoms with Gasteiger partial charge in [-0.05, 0) is 25.8 Å². The van der Waals surface area contributed by atoms with Crippen molar-refractivity contribution < 1.29 is 9.50 Å². The van der Waals surface area contributed by atoms with Crippen LogP contribution in [-0.4, -0.2) is 18.2 Å². The third-order valence-electron chi connectivity index (χ3n) is 3.94. The maximum atomic E-state index is 14.1. The molecule has 0 aliphatic heterocycles. The van der Waals surface area contributed by atoms with Crippen LogP contribution in [0.2, 0.25) is 0 Å². The summed E-state index contributed by atoms with van der Waals surface area (Å²) in [6, 6.07) is 5.34. The maximum absolute atomic E-state index is 14.1. The van der Waals surface area contributed by atoms with Crippen molar-refractivity contribution in [1.29, 1.82) is 0 Å². The standard InChI is InChI=1S/C15H22FNO/c1-11(18)13-9-6-10-14(16)15(13)17(2)12-7-4-3-5-8-12/h6,9-12,18H,3-5,7-8H2,1-2H3. The number of rotatable bonds is 3. The lowest BCUT2D eigenvalue weighted by atomic mass is 9.93. The molecule has 0 saturated heterocycles. The van der Waals surface area contributed by atoms with Gasteiger partial charge in [0.1, 0.15) is 5.82 Å². The Morgan fingerprint density at radius 3 is 2.56 bits per heavy atom. The largest absolute Gasteiger partial charge is 0.389 e. The molecule has 1 aliphatic carbocycles. The Labute approximate surface area is 108 Å². The van der Waals surface area contributed by atoms with Gasteiger partial charge in [0.2, 0.25) is 0 Å². The zero-order chi connectivity index (χ0) is 13.1. The summed E-state index contributed by atoms with van der Waals surface area (Å²) in [5, 5.41) is 9.78. The third-order valence-corrected chi connectivity index (χ3v) is 3.94. The first kappa shape index (κ1) is 13.3. The number of aliphatic hydroxyl groups is 1. The monoisotopic (exact) mass is 251 g/mol. The van der Waals surface area contributed by atoms with E-state index in [1.807, 2.05) is 18.0 Å². The summed E-state index contributed by atoms with van der Waals surface area (Å²) in [7, 11) is 1.94. The van der Waals surface area contributed by atoms with Crippen molar-refractivity contribution in [3.8, 4) is 0 Å². The Bertz CT molecular complexity index is 399. The van der Waals surface area contributed by atoms with Crippen molar-refractivity contribution in [3.63, 3.8) is 0 Å². The van der Waals surface area contributed by atoms with Crippen LogP contribution in [0.1, 0.15) is 50.7 Å². The van der Waals surface area contributed by atoms with Gasteiger partial charge < -0.3 is 10.0 Å². The topological polar surface area (TPSA) is 23.5 Å². The highest BCUT2D eigenvalue weighted by atomic mass is 19.1. The summed E-state index contributed by atoms with van der Waals surface area (Å²) in [6.07, 6.45) is 5.31. The molecule has 2 nitrogen and oxygen atoms in total. The molecule has 1 aromatic rings. The minimum atomic E-state index is -0.637. The second-order valence-electron chi connectivity index (χ2n) is 5.26. The Morgan fingerprint density at radius 2 is 1.94 bits per heavy atom. The van der Waals surface area contributed by atoms with Gasteiger partial charge in [-0.15, -0.1) is 0 Å². The number of nitrogens with zero attached hydrogens (tertiary/aromatic N) is 1. The number of hydrogen-bond donors (Lipinski definition) is 1. The normalized spacial score (nSPS) is 18.7. The quantitative estimate of drug-likeness (QED) is 0.886. The van der Waals surface area contributed by atoms with E-state index in [2.05, 4.69) is 0 Å². The van der Waals surface area contributed by atoms with E-state index < -0.39 is 6.10 Å². The van der Waals surface area contributed by atoms with E-state index in [4.69, 9.17) is 0 Å². The van der Waals surface area contributed by atoms with Gasteiger partial charge in [-0.3, -0.25) is 0 Å². The molecule has 0 aromatic heterocycles. The van der Waals surface area contributed by atoms with Crippen molar-refractivity contribution in [2.45, 2.75) is 51.2 Å². The lowest BCUT2D eigenvalue weighted by Crippen LogP contribution is -2.34. The zero-order valence-corrected chi connectivity index (χ0v) is 11.2. The summed E-state index contributed by atoms with van der Waals surface area (Å²) in [4.78, 5) is 2.02. The number of halogens is 1. The predicted molar refractivity (Wildman–Crippen MR) is 72.3 cm³/mol. The number of para-hydroxylation sites is 1. The van der Waals surface area contributed by atoms with Crippen LogP contribution in [0.4, 0.5) is 10.1 Å². The molecule has 1 aliphatic rings. The molecule has 100 valence electrons. The lowest BCUT2D eigenvalue weighted by Gasteiger charge is -2.34. The molecule has 1 N–H and O–H groups in total. The second kappa shape index (κ2) is 5.70. The van der Waals surface area contributed by atoms with Crippen LogP contribution in [0.15, 0.2) is 18.2 Å². The van der Waals surface area contributed by atoms with Crippen molar-refractivity contribution in [2.24, 2.45) is 0 Å². The van der Waals surface area contributed by atoms with Crippen LogP contribution in [0.5, 0.6) is 0 Å². The van der Waals surface area contributed by atoms with Gasteiger partial charge in [-0.1, -0.05) is 31.4 Å². The molecule has 18 heavy (non-hydrogen) atoms. The molecule has 0 spiro atoms. The fourth-order valence-electron chi connectivity index (χ4n) is 2.89. The Morgan fingerprint density at radius 1 is 1.28 bits per heavy atom. The number of benzene rings is 1. The van der Waals surface area contributed by atoms with Crippen LogP contribution >= 0.6 is 0 Å². The van der Waals surface area contributed by atoms with Gasteiger partial charge in [0.05, 0.1) is 11.8 Å². The highest BCUT2D eigenvalue weighted by Gasteiger charge is 2.23. The molecule has 1 fully saturated rings. The minimum Gasteiger partial charge on any atom is -0.389 e. The zero-order valence-electron chi connectivity index (χ0n) is 11.2. The lowest BCUT2D eigenvalue weighted by molar-refractivity contribution is 0.199. The highest BCUT2D eigenvalue weighted by molar-refractivity contribution is 5.56. The smallest absolute Gasteiger partial charge is 0.146 e. The van der Waals surface area contributed by atoms with Crippen LogP contribution in [0.3, 0.4) is 0 Å². The minimum absolute atomic E-state index is 0.235. The summed E-state index contributed by atoms with van der Waals surface area (Å²) < 4.78 is 14.1. The number of anilines is 1. The number of aliphatic hydroxyl groups excluding tert-OH is 1. The first-order valence-corrected chi connectivity index (χ1v) is 6.80. The molecule has 1 unspecified atom stereocenters. The maximum Gasteiger partial charge on any atom is 0.146 e. The van der Waals surface area contributed by atoms with E-state index in [9.17, 15) is 9.50 Å². The van der Waals surface area contributed by atoms with E-state index >= 15 is 0 Å². The molecule has 3 heteroatoms. The number of hydrogen-bond acceptors (Lipinski definition) is 2. The average molecular weight is 251 g/mol. The van der Waals surface area contributed by atoms with E-state index in [1.54, 1.807) is 13.0 Å². The third kappa shape index (κ3) is 2.66. The molecule has 1 atom stereocenters. The molecular formula is C15H22FNO. The van der Waals surface area contributed by atoms with Gasteiger partial charge >= 0.3 is 0 Å². The molecular weight excluding hydrogens is 229 g/mol. The van der Waals surface area contributed by atoms with Crippen LogP contribution in [0.25, 0.3) is 0 Å². The first-order chi connectivity index (χ1) is 8.61. The van der Waals surface area contributed by atoms with Gasteiger partial charge in [-0.2, -0.15) is 0 Å². The van der Waals surface area contributed by atoms with Crippen molar-refractivity contribution in [3.05, 3.63) is 29.6 Å². The van der Waals surface area contributed by atoms with Crippen molar-refractivity contribution in [1.82, 2.24) is 0 Å². The Hall–Kier alpha value is -1.09. The predicted octanol–water partition coefficient (Wildman–Crippen LogP) is 3.65. The fourth-order valence-corrected chi connectivity index (χ4v) is 2.89. The van der Waals surface area contributed by atoms with E-state index in [1.165, 1.54) is 25.3 Å². The molecule has 0 bridgehead atoms. The second-order valence-corrected chi connectivity index (χ2v) is 5.26. The highest BCUT2D eigenvalue weighted by Crippen LogP contribution is 2.33. The van der Waals surface area contributed by atoms with Gasteiger partial charge in [0, 0.05) is 18.7 Å². The van der Waals surface area contributed by atoms with E-state index in [-0.39, 0.29) is 5.82 Å². The molecule has 1 saturated carbocycles. The Kier molecular flexibility index (Phi) is 4.23. The molecule has 2 rings (SSSR count). The summed E-state index contributed by atoms with van der Waals surface area (Å²) >= 11 is 0. The Balaban J connectivity index is 2.30. The molecule has 0 radical (unpaired) electrons. The fraction of sp³-hybridized carbons (Fsp3) is 0.600. The van der Waals surface area contributed by atoms with E-state index in [0.717, 1.165) is 12.8 Å².